The van der Waals surface area contributed by atoms with Crippen molar-refractivity contribution < 1.29 is 8.42 Å². The van der Waals surface area contributed by atoms with Gasteiger partial charge in [-0.25, -0.2) is 0 Å². The zero-order valence-electron chi connectivity index (χ0n) is 12.6. The standard InChI is InChI=1S/C15H25NO2S/c1-13(11-15(2,3)4)12-16(5)19(17,18)14-9-7-6-8-10-14/h6-10,13H,11-12H2,1-5H3/p+2/t13-/m0/s1. The minimum atomic E-state index is -2.86. The number of hydrogen-bond acceptors (Lipinski definition) is 0. The zero-order chi connectivity index (χ0) is 14.7. The smallest absolute Gasteiger partial charge is 0.172 e. The van der Waals surface area contributed by atoms with Crippen LogP contribution in [0.4, 0.5) is 0 Å². The number of hydrogen-bond donors (Lipinski definition) is 0. The molecule has 0 fully saturated rings. The Labute approximate surface area is 117 Å². The lowest BCUT2D eigenvalue weighted by Gasteiger charge is -2.24. The third-order valence-electron chi connectivity index (χ3n) is 3.02. The number of nitrogens with zero attached hydrogens (tertiary/aromatic N) is 1. The van der Waals surface area contributed by atoms with E-state index in [2.05, 4.69) is 27.7 Å². The predicted octanol–water partition coefficient (Wildman–Crippen LogP) is 3.69. The molecule has 19 heavy (non-hydrogen) atoms. The average Bonchev–Trinajstić information content (AvgIpc) is 2.27. The van der Waals surface area contributed by atoms with Crippen LogP contribution in [0.2, 0.25) is 0 Å². The Balaban J connectivity index is 2.76. The molecule has 0 aromatic heterocycles. The minimum Gasteiger partial charge on any atom is -0.172 e. The molecule has 0 saturated carbocycles. The molecule has 0 saturated heterocycles. The molecule has 0 radical (unpaired) electrons. The molecule has 1 atom stereocenters. The van der Waals surface area contributed by atoms with Gasteiger partial charge in [-0.3, -0.25) is 0 Å². The fraction of sp³-hybridized carbons (Fsp3) is 0.600. The molecule has 2 N–H and O–H groups in total. The van der Waals surface area contributed by atoms with Crippen molar-refractivity contribution in [3.8, 4) is 0 Å². The normalized spacial score (nSPS) is 14.6. The molecular formula is C15H27NO2S+2. The van der Waals surface area contributed by atoms with E-state index >= 15 is 0 Å². The molecule has 1 aromatic carbocycles. The van der Waals surface area contributed by atoms with E-state index in [1.807, 2.05) is 18.2 Å². The van der Waals surface area contributed by atoms with Crippen molar-refractivity contribution >= 4 is 10.0 Å². The van der Waals surface area contributed by atoms with E-state index in [0.29, 0.717) is 17.4 Å². The van der Waals surface area contributed by atoms with E-state index in [4.69, 9.17) is 0 Å². The Morgan fingerprint density at radius 1 is 1.16 bits per heavy atom. The van der Waals surface area contributed by atoms with Gasteiger partial charge in [-0.15, -0.1) is 4.31 Å². The summed E-state index contributed by atoms with van der Waals surface area (Å²) in [6.07, 6.45) is 1.06. The van der Waals surface area contributed by atoms with E-state index in [0.717, 1.165) is 6.42 Å². The Kier molecular flexibility index (Phi) is 5.16. The van der Waals surface area contributed by atoms with Gasteiger partial charge in [0.25, 0.3) is 0 Å². The lowest BCUT2D eigenvalue weighted by molar-refractivity contribution is 0.277. The highest BCUT2D eigenvalue weighted by molar-refractivity contribution is 7.89. The first kappa shape index (κ1) is 16.2. The lowest BCUT2D eigenvalue weighted by atomic mass is 9.85. The summed E-state index contributed by atoms with van der Waals surface area (Å²) < 4.78 is 22.4. The van der Waals surface area contributed by atoms with Crippen LogP contribution in [0, 0.1) is 11.3 Å². The molecule has 0 aliphatic carbocycles. The summed E-state index contributed by atoms with van der Waals surface area (Å²) in [5.74, 6) is 0.417. The van der Waals surface area contributed by atoms with Gasteiger partial charge in [-0.1, -0.05) is 45.9 Å². The molecule has 1 aromatic rings. The van der Waals surface area contributed by atoms with Crippen molar-refractivity contribution in [1.29, 1.82) is 0 Å². The number of rotatable bonds is 5. The minimum absolute atomic E-state index is 0.260. The Morgan fingerprint density at radius 3 is 2.16 bits per heavy atom. The molecule has 0 unspecified atom stereocenters. The van der Waals surface area contributed by atoms with Crippen LogP contribution in [-0.2, 0) is 10.0 Å². The van der Waals surface area contributed by atoms with Crippen LogP contribution in [0.3, 0.4) is 0 Å². The summed E-state index contributed by atoms with van der Waals surface area (Å²) in [6, 6.07) is 9.06. The van der Waals surface area contributed by atoms with Crippen LogP contribution < -0.4 is 0 Å². The molecule has 0 amide bonds. The summed E-state index contributed by atoms with van der Waals surface area (Å²) >= 11 is 0. The molecule has 0 aliphatic rings. The van der Waals surface area contributed by atoms with Crippen molar-refractivity contribution in [2.24, 2.45) is 11.3 Å². The van der Waals surface area contributed by atoms with Gasteiger partial charge in [0, 0.05) is 13.6 Å². The van der Waals surface area contributed by atoms with Gasteiger partial charge in [0.1, 0.15) is 0 Å². The van der Waals surface area contributed by atoms with Crippen LogP contribution in [0.15, 0.2) is 35.2 Å². The quantitative estimate of drug-likeness (QED) is 0.741. The first-order valence-corrected chi connectivity index (χ1v) is 8.18. The fourth-order valence-electron chi connectivity index (χ4n) is 2.44. The summed E-state index contributed by atoms with van der Waals surface area (Å²) in [5, 5.41) is 0. The van der Waals surface area contributed by atoms with Gasteiger partial charge < -0.3 is 0 Å². The van der Waals surface area contributed by atoms with Crippen molar-refractivity contribution in [1.82, 2.24) is 4.31 Å². The molecule has 3 nitrogen and oxygen atoms in total. The fourth-order valence-corrected chi connectivity index (χ4v) is 3.78. The third kappa shape index (κ3) is 4.96. The monoisotopic (exact) mass is 285 g/mol. The molecule has 0 heterocycles. The summed E-state index contributed by atoms with van der Waals surface area (Å²) in [5.41, 5.74) is 0.260. The highest BCUT2D eigenvalue weighted by atomic mass is 32.2. The molecule has 1 rings (SSSR count). The maximum Gasteiger partial charge on any atom is 0.510 e. The second-order valence-corrected chi connectivity index (χ2v) is 8.64. The highest BCUT2D eigenvalue weighted by Crippen LogP contribution is 2.25. The SMILES string of the molecule is C[C@H](CN(C)S(=[OH+])(=[OH+])c1ccccc1)CC(C)(C)C. The molecule has 108 valence electrons. The Morgan fingerprint density at radius 2 is 1.68 bits per heavy atom. The van der Waals surface area contributed by atoms with E-state index < -0.39 is 10.0 Å². The van der Waals surface area contributed by atoms with Crippen LogP contribution in [0.25, 0.3) is 0 Å². The van der Waals surface area contributed by atoms with Crippen LogP contribution in [-0.4, -0.2) is 26.3 Å². The third-order valence-corrected chi connectivity index (χ3v) is 4.95. The predicted molar refractivity (Wildman–Crippen MR) is 81.8 cm³/mol. The second-order valence-electron chi connectivity index (χ2n) is 6.51. The molecule has 0 bridgehead atoms. The summed E-state index contributed by atoms with van der Waals surface area (Å²) in [6.45, 7) is 9.45. The van der Waals surface area contributed by atoms with Gasteiger partial charge in [-0.05, 0) is 29.9 Å². The Hall–Kier alpha value is -0.870. The molecule has 0 aliphatic heterocycles. The van der Waals surface area contributed by atoms with Gasteiger partial charge in [0.05, 0.1) is 0 Å². The van der Waals surface area contributed by atoms with Crippen LogP contribution in [0.5, 0.6) is 0 Å². The summed E-state index contributed by atoms with van der Waals surface area (Å²) in [4.78, 5) is 0.584. The van der Waals surface area contributed by atoms with Crippen molar-refractivity contribution in [3.05, 3.63) is 30.3 Å². The van der Waals surface area contributed by atoms with Gasteiger partial charge in [0.15, 0.2) is 4.90 Å². The summed E-state index contributed by atoms with van der Waals surface area (Å²) in [7, 11) is -1.08. The van der Waals surface area contributed by atoms with Crippen molar-refractivity contribution in [2.75, 3.05) is 13.6 Å². The topological polar surface area (TPSA) is 46.0 Å². The largest absolute Gasteiger partial charge is 0.510 e. The van der Waals surface area contributed by atoms with E-state index in [1.54, 1.807) is 23.5 Å². The van der Waals surface area contributed by atoms with Crippen molar-refractivity contribution in [3.63, 3.8) is 0 Å². The van der Waals surface area contributed by atoms with Gasteiger partial charge in [-0.2, -0.15) is 8.42 Å². The molecule has 4 heteroatoms. The van der Waals surface area contributed by atoms with Crippen LogP contribution >= 0.6 is 0 Å². The maximum absolute atomic E-state index is 10.4. The first-order chi connectivity index (χ1) is 8.63. The van der Waals surface area contributed by atoms with Crippen molar-refractivity contribution in [2.45, 2.75) is 39.0 Å². The average molecular weight is 285 g/mol. The molecular weight excluding hydrogens is 258 g/mol. The lowest BCUT2D eigenvalue weighted by Crippen LogP contribution is -2.32. The zero-order valence-corrected chi connectivity index (χ0v) is 13.4. The van der Waals surface area contributed by atoms with E-state index in [-0.39, 0.29) is 5.41 Å². The van der Waals surface area contributed by atoms with Gasteiger partial charge in [0.2, 0.25) is 0 Å². The first-order valence-electron chi connectivity index (χ1n) is 6.67. The Bertz CT molecular complexity index is 489. The van der Waals surface area contributed by atoms with Crippen LogP contribution in [0.1, 0.15) is 34.1 Å². The van der Waals surface area contributed by atoms with E-state index in [9.17, 15) is 8.42 Å². The molecule has 0 spiro atoms. The maximum atomic E-state index is 10.4. The van der Waals surface area contributed by atoms with Gasteiger partial charge >= 0.3 is 10.0 Å². The number of benzene rings is 1. The van der Waals surface area contributed by atoms with E-state index in [1.165, 1.54) is 0 Å². The highest BCUT2D eigenvalue weighted by Gasteiger charge is 2.34. The second kappa shape index (κ2) is 6.06.